The fourth-order valence-electron chi connectivity index (χ4n) is 1.57. The zero-order valence-corrected chi connectivity index (χ0v) is 10.7. The molecule has 0 atom stereocenters. The highest BCUT2D eigenvalue weighted by molar-refractivity contribution is 6.31. The molecule has 5 heteroatoms. The van der Waals surface area contributed by atoms with Crippen molar-refractivity contribution in [2.24, 2.45) is 0 Å². The molecule has 0 saturated heterocycles. The maximum absolute atomic E-state index is 13.7. The minimum atomic E-state index is -0.826. The van der Waals surface area contributed by atoms with Gasteiger partial charge in [0.1, 0.15) is 5.69 Å². The van der Waals surface area contributed by atoms with Crippen molar-refractivity contribution in [3.05, 3.63) is 58.1 Å². The molecule has 96 valence electrons. The Labute approximate surface area is 114 Å². The first kappa shape index (κ1) is 13.3. The van der Waals surface area contributed by atoms with Gasteiger partial charge in [0.25, 0.3) is 0 Å². The van der Waals surface area contributed by atoms with E-state index in [-0.39, 0.29) is 11.3 Å². The molecule has 0 bridgehead atoms. The summed E-state index contributed by atoms with van der Waals surface area (Å²) in [5, 5.41) is 11.7. The van der Waals surface area contributed by atoms with E-state index in [1.54, 1.807) is 24.3 Å². The summed E-state index contributed by atoms with van der Waals surface area (Å²) in [6.45, 7) is 1.83. The lowest BCUT2D eigenvalue weighted by Crippen LogP contribution is -1.98. The standard InChI is InChI=1S/C14H9ClF2N2/c1-8-2-3-10(6-11(8)15)19-14-12(16)4-9(7-18)5-13(14)17/h2-6,19H,1H3. The molecule has 0 spiro atoms. The van der Waals surface area contributed by atoms with Crippen LogP contribution in [0.2, 0.25) is 5.02 Å². The van der Waals surface area contributed by atoms with E-state index in [1.165, 1.54) is 0 Å². The molecule has 0 aliphatic rings. The molecule has 2 rings (SSSR count). The van der Waals surface area contributed by atoms with Crippen LogP contribution in [-0.4, -0.2) is 0 Å². The summed E-state index contributed by atoms with van der Waals surface area (Å²) in [5.74, 6) is -1.65. The fourth-order valence-corrected chi connectivity index (χ4v) is 1.75. The SMILES string of the molecule is Cc1ccc(Nc2c(F)cc(C#N)cc2F)cc1Cl. The van der Waals surface area contributed by atoms with Crippen LogP contribution in [0.25, 0.3) is 0 Å². The predicted molar refractivity (Wildman–Crippen MR) is 70.5 cm³/mol. The largest absolute Gasteiger partial charge is 0.351 e. The first-order valence-electron chi connectivity index (χ1n) is 5.43. The molecule has 0 aliphatic carbocycles. The smallest absolute Gasteiger partial charge is 0.150 e. The van der Waals surface area contributed by atoms with Gasteiger partial charge < -0.3 is 5.32 Å². The normalized spacial score (nSPS) is 10.1. The number of halogens is 3. The van der Waals surface area contributed by atoms with E-state index >= 15 is 0 Å². The first-order chi connectivity index (χ1) is 9.01. The van der Waals surface area contributed by atoms with Gasteiger partial charge >= 0.3 is 0 Å². The Kier molecular flexibility index (Phi) is 3.68. The predicted octanol–water partition coefficient (Wildman–Crippen LogP) is 4.54. The second-order valence-corrected chi connectivity index (χ2v) is 4.42. The van der Waals surface area contributed by atoms with Gasteiger partial charge in [-0.3, -0.25) is 0 Å². The lowest BCUT2D eigenvalue weighted by molar-refractivity contribution is 0.590. The Morgan fingerprint density at radius 1 is 1.16 bits per heavy atom. The van der Waals surface area contributed by atoms with Gasteiger partial charge in [-0.15, -0.1) is 0 Å². The lowest BCUT2D eigenvalue weighted by atomic mass is 10.2. The van der Waals surface area contributed by atoms with Crippen LogP contribution < -0.4 is 5.32 Å². The Balaban J connectivity index is 2.38. The molecular formula is C14H9ClF2N2. The second kappa shape index (κ2) is 5.25. The van der Waals surface area contributed by atoms with Gasteiger partial charge in [-0.1, -0.05) is 17.7 Å². The van der Waals surface area contributed by atoms with Gasteiger partial charge in [0, 0.05) is 10.7 Å². The van der Waals surface area contributed by atoms with E-state index in [0.29, 0.717) is 10.7 Å². The molecule has 2 aromatic rings. The molecule has 0 unspecified atom stereocenters. The summed E-state index contributed by atoms with van der Waals surface area (Å²) >= 11 is 5.94. The summed E-state index contributed by atoms with van der Waals surface area (Å²) in [6.07, 6.45) is 0. The van der Waals surface area contributed by atoms with Crippen LogP contribution in [0.5, 0.6) is 0 Å². The molecular weight excluding hydrogens is 270 g/mol. The van der Waals surface area contributed by atoms with Crippen LogP contribution >= 0.6 is 11.6 Å². The van der Waals surface area contributed by atoms with Crippen molar-refractivity contribution < 1.29 is 8.78 Å². The Hall–Kier alpha value is -2.12. The van der Waals surface area contributed by atoms with Gasteiger partial charge in [0.2, 0.25) is 0 Å². The summed E-state index contributed by atoms with van der Waals surface area (Å²) in [6, 6.07) is 8.62. The maximum Gasteiger partial charge on any atom is 0.150 e. The van der Waals surface area contributed by atoms with Gasteiger partial charge in [-0.05, 0) is 36.8 Å². The number of hydrogen-bond acceptors (Lipinski definition) is 2. The van der Waals surface area contributed by atoms with Crippen molar-refractivity contribution in [2.45, 2.75) is 6.92 Å². The van der Waals surface area contributed by atoms with Gasteiger partial charge in [0.15, 0.2) is 11.6 Å². The van der Waals surface area contributed by atoms with Crippen molar-refractivity contribution in [3.63, 3.8) is 0 Å². The zero-order valence-electron chi connectivity index (χ0n) is 9.97. The summed E-state index contributed by atoms with van der Waals surface area (Å²) in [7, 11) is 0. The lowest BCUT2D eigenvalue weighted by Gasteiger charge is -2.10. The van der Waals surface area contributed by atoms with Crippen LogP contribution in [0.15, 0.2) is 30.3 Å². The quantitative estimate of drug-likeness (QED) is 0.875. The molecule has 0 radical (unpaired) electrons. The molecule has 0 aliphatic heterocycles. The molecule has 2 aromatic carbocycles. The third kappa shape index (κ3) is 2.83. The molecule has 0 fully saturated rings. The molecule has 2 nitrogen and oxygen atoms in total. The number of nitrogens with zero attached hydrogens (tertiary/aromatic N) is 1. The minimum absolute atomic E-state index is 0.0671. The first-order valence-corrected chi connectivity index (χ1v) is 5.81. The third-order valence-electron chi connectivity index (χ3n) is 2.61. The number of nitriles is 1. The number of rotatable bonds is 2. The highest BCUT2D eigenvalue weighted by Gasteiger charge is 2.11. The van der Waals surface area contributed by atoms with E-state index in [4.69, 9.17) is 16.9 Å². The third-order valence-corrected chi connectivity index (χ3v) is 3.02. The summed E-state index contributed by atoms with van der Waals surface area (Å²) < 4.78 is 27.4. The van der Waals surface area contributed by atoms with Crippen LogP contribution in [0.4, 0.5) is 20.2 Å². The maximum atomic E-state index is 13.7. The average Bonchev–Trinajstić information content (AvgIpc) is 2.37. The number of nitrogens with one attached hydrogen (secondary N) is 1. The number of hydrogen-bond donors (Lipinski definition) is 1. The molecule has 1 N–H and O–H groups in total. The van der Waals surface area contributed by atoms with E-state index < -0.39 is 11.6 Å². The zero-order chi connectivity index (χ0) is 14.0. The highest BCUT2D eigenvalue weighted by atomic mass is 35.5. The number of aryl methyl sites for hydroxylation is 1. The van der Waals surface area contributed by atoms with E-state index in [1.807, 2.05) is 6.92 Å². The molecule has 0 heterocycles. The Morgan fingerprint density at radius 2 is 1.79 bits per heavy atom. The average molecular weight is 279 g/mol. The van der Waals surface area contributed by atoms with Crippen LogP contribution in [0, 0.1) is 29.9 Å². The molecule has 0 aromatic heterocycles. The summed E-state index contributed by atoms with van der Waals surface area (Å²) in [4.78, 5) is 0. The van der Waals surface area contributed by atoms with Gasteiger partial charge in [-0.2, -0.15) is 5.26 Å². The molecule has 0 saturated carbocycles. The van der Waals surface area contributed by atoms with Crippen molar-refractivity contribution in [2.75, 3.05) is 5.32 Å². The topological polar surface area (TPSA) is 35.8 Å². The van der Waals surface area contributed by atoms with Gasteiger partial charge in [-0.25, -0.2) is 8.78 Å². The van der Waals surface area contributed by atoms with E-state index in [2.05, 4.69) is 5.32 Å². The Bertz CT molecular complexity index is 655. The Morgan fingerprint density at radius 3 is 2.32 bits per heavy atom. The molecule has 0 amide bonds. The van der Waals surface area contributed by atoms with Crippen LogP contribution in [-0.2, 0) is 0 Å². The van der Waals surface area contributed by atoms with Crippen LogP contribution in [0.1, 0.15) is 11.1 Å². The minimum Gasteiger partial charge on any atom is -0.351 e. The summed E-state index contributed by atoms with van der Waals surface area (Å²) in [5.41, 5.74) is 0.965. The van der Waals surface area contributed by atoms with Crippen molar-refractivity contribution in [1.29, 1.82) is 5.26 Å². The number of anilines is 2. The monoisotopic (exact) mass is 278 g/mol. The highest BCUT2D eigenvalue weighted by Crippen LogP contribution is 2.27. The van der Waals surface area contributed by atoms with E-state index in [0.717, 1.165) is 17.7 Å². The van der Waals surface area contributed by atoms with Crippen molar-refractivity contribution in [3.8, 4) is 6.07 Å². The number of benzene rings is 2. The van der Waals surface area contributed by atoms with Crippen molar-refractivity contribution >= 4 is 23.0 Å². The van der Waals surface area contributed by atoms with Gasteiger partial charge in [0.05, 0.1) is 11.6 Å². The molecule has 19 heavy (non-hydrogen) atoms. The second-order valence-electron chi connectivity index (χ2n) is 4.02. The van der Waals surface area contributed by atoms with Crippen molar-refractivity contribution in [1.82, 2.24) is 0 Å². The van der Waals surface area contributed by atoms with Crippen LogP contribution in [0.3, 0.4) is 0 Å². The fraction of sp³-hybridized carbons (Fsp3) is 0.0714. The van der Waals surface area contributed by atoms with E-state index in [9.17, 15) is 8.78 Å².